The van der Waals surface area contributed by atoms with Crippen LogP contribution in [-0.2, 0) is 16.6 Å². The highest BCUT2D eigenvalue weighted by Gasteiger charge is 2.24. The van der Waals surface area contributed by atoms with E-state index < -0.39 is 10.0 Å². The fourth-order valence-electron chi connectivity index (χ4n) is 2.84. The Labute approximate surface area is 156 Å². The maximum atomic E-state index is 12.9. The van der Waals surface area contributed by atoms with Gasteiger partial charge in [0.15, 0.2) is 0 Å². The summed E-state index contributed by atoms with van der Waals surface area (Å²) in [4.78, 5) is 14.6. The molecule has 0 aliphatic carbocycles. The van der Waals surface area contributed by atoms with Crippen molar-refractivity contribution in [1.82, 2.24) is 9.21 Å². The van der Waals surface area contributed by atoms with Gasteiger partial charge in [-0.25, -0.2) is 8.42 Å². The van der Waals surface area contributed by atoms with Crippen LogP contribution in [0, 0.1) is 6.92 Å². The Morgan fingerprint density at radius 3 is 2.19 bits per heavy atom. The van der Waals surface area contributed by atoms with Crippen LogP contribution in [0.4, 0.5) is 0 Å². The largest absolute Gasteiger partial charge is 0.337 e. The summed E-state index contributed by atoms with van der Waals surface area (Å²) in [5.41, 5.74) is 2.19. The molecule has 0 radical (unpaired) electrons. The minimum absolute atomic E-state index is 0.156. The summed E-state index contributed by atoms with van der Waals surface area (Å²) in [7, 11) is -1.87. The Balaban J connectivity index is 2.33. The van der Waals surface area contributed by atoms with Crippen molar-refractivity contribution in [3.05, 3.63) is 65.2 Å². The number of benzene rings is 2. The van der Waals surface area contributed by atoms with Gasteiger partial charge in [-0.2, -0.15) is 4.31 Å². The van der Waals surface area contributed by atoms with Crippen molar-refractivity contribution in [2.75, 3.05) is 20.1 Å². The van der Waals surface area contributed by atoms with Crippen LogP contribution in [0.5, 0.6) is 0 Å². The zero-order valence-electron chi connectivity index (χ0n) is 15.8. The summed E-state index contributed by atoms with van der Waals surface area (Å²) in [6.45, 7) is 6.67. The Morgan fingerprint density at radius 2 is 1.62 bits per heavy atom. The second kappa shape index (κ2) is 8.47. The molecule has 0 spiro atoms. The molecule has 26 heavy (non-hydrogen) atoms. The first-order chi connectivity index (χ1) is 12.3. The van der Waals surface area contributed by atoms with Crippen molar-refractivity contribution in [2.24, 2.45) is 0 Å². The fourth-order valence-corrected chi connectivity index (χ4v) is 4.32. The van der Waals surface area contributed by atoms with Gasteiger partial charge in [-0.3, -0.25) is 4.79 Å². The standard InChI is InChI=1S/C20H26N2O3S/c1-5-22(6-2)26(24,25)18-13-12-16(3)19(14-18)20(23)21(4)15-17-10-8-7-9-11-17/h7-14H,5-6,15H2,1-4H3. The quantitative estimate of drug-likeness (QED) is 0.747. The van der Waals surface area contributed by atoms with Gasteiger partial charge in [0.1, 0.15) is 0 Å². The molecule has 2 aromatic carbocycles. The number of carbonyl (C=O) groups is 1. The second-order valence-corrected chi connectivity index (χ2v) is 8.15. The molecule has 0 aromatic heterocycles. The molecule has 2 rings (SSSR count). The van der Waals surface area contributed by atoms with Gasteiger partial charge >= 0.3 is 0 Å². The van der Waals surface area contributed by atoms with E-state index in [0.717, 1.165) is 11.1 Å². The molecule has 0 unspecified atom stereocenters. The van der Waals surface area contributed by atoms with Crippen LogP contribution in [0.1, 0.15) is 35.3 Å². The van der Waals surface area contributed by atoms with Crippen LogP contribution in [-0.4, -0.2) is 43.7 Å². The van der Waals surface area contributed by atoms with E-state index in [2.05, 4.69) is 0 Å². The van der Waals surface area contributed by atoms with Gasteiger partial charge in [-0.15, -0.1) is 0 Å². The monoisotopic (exact) mass is 374 g/mol. The lowest BCUT2D eigenvalue weighted by Gasteiger charge is -2.21. The van der Waals surface area contributed by atoms with E-state index in [1.54, 1.807) is 37.9 Å². The fraction of sp³-hybridized carbons (Fsp3) is 0.350. The number of hydrogen-bond donors (Lipinski definition) is 0. The van der Waals surface area contributed by atoms with E-state index in [9.17, 15) is 13.2 Å². The highest BCUT2D eigenvalue weighted by Crippen LogP contribution is 2.21. The van der Waals surface area contributed by atoms with E-state index in [4.69, 9.17) is 0 Å². The topological polar surface area (TPSA) is 57.7 Å². The van der Waals surface area contributed by atoms with Crippen LogP contribution >= 0.6 is 0 Å². The van der Waals surface area contributed by atoms with Crippen molar-refractivity contribution in [3.8, 4) is 0 Å². The Morgan fingerprint density at radius 1 is 1.00 bits per heavy atom. The Kier molecular flexibility index (Phi) is 6.56. The van der Waals surface area contributed by atoms with Crippen molar-refractivity contribution >= 4 is 15.9 Å². The first kappa shape index (κ1) is 20.1. The average Bonchev–Trinajstić information content (AvgIpc) is 2.63. The third-order valence-electron chi connectivity index (χ3n) is 4.39. The number of rotatable bonds is 7. The molecular formula is C20H26N2O3S. The number of sulfonamides is 1. The number of carbonyl (C=O) groups excluding carboxylic acids is 1. The lowest BCUT2D eigenvalue weighted by molar-refractivity contribution is 0.0784. The molecule has 2 aromatic rings. The molecule has 6 heteroatoms. The molecule has 0 aliphatic heterocycles. The number of amides is 1. The normalized spacial score (nSPS) is 11.6. The van der Waals surface area contributed by atoms with Gasteiger partial charge < -0.3 is 4.90 Å². The van der Waals surface area contributed by atoms with Gasteiger partial charge in [0.05, 0.1) is 4.90 Å². The van der Waals surface area contributed by atoms with E-state index >= 15 is 0 Å². The SMILES string of the molecule is CCN(CC)S(=O)(=O)c1ccc(C)c(C(=O)N(C)Cc2ccccc2)c1. The summed E-state index contributed by atoms with van der Waals surface area (Å²) in [5.74, 6) is -0.192. The molecule has 0 saturated carbocycles. The Hall–Kier alpha value is -2.18. The van der Waals surface area contributed by atoms with Crippen LogP contribution in [0.3, 0.4) is 0 Å². The third-order valence-corrected chi connectivity index (χ3v) is 6.44. The zero-order valence-corrected chi connectivity index (χ0v) is 16.6. The predicted octanol–water partition coefficient (Wildman–Crippen LogP) is 3.30. The second-order valence-electron chi connectivity index (χ2n) is 6.21. The number of hydrogen-bond acceptors (Lipinski definition) is 3. The smallest absolute Gasteiger partial charge is 0.254 e. The molecule has 1 amide bonds. The van der Waals surface area contributed by atoms with Crippen LogP contribution < -0.4 is 0 Å². The first-order valence-corrected chi connectivity index (χ1v) is 10.2. The van der Waals surface area contributed by atoms with Gasteiger partial charge in [-0.05, 0) is 30.2 Å². The van der Waals surface area contributed by atoms with E-state index in [0.29, 0.717) is 25.2 Å². The number of nitrogens with zero attached hydrogens (tertiary/aromatic N) is 2. The molecule has 0 heterocycles. The lowest BCUT2D eigenvalue weighted by Crippen LogP contribution is -2.31. The minimum Gasteiger partial charge on any atom is -0.337 e. The van der Waals surface area contributed by atoms with Crippen molar-refractivity contribution in [3.63, 3.8) is 0 Å². The maximum Gasteiger partial charge on any atom is 0.254 e. The molecule has 0 atom stereocenters. The van der Waals surface area contributed by atoms with Crippen molar-refractivity contribution in [1.29, 1.82) is 0 Å². The van der Waals surface area contributed by atoms with Crippen LogP contribution in [0.2, 0.25) is 0 Å². The Bertz CT molecular complexity index is 860. The molecule has 0 bridgehead atoms. The van der Waals surface area contributed by atoms with Gasteiger partial charge in [0, 0.05) is 32.2 Å². The highest BCUT2D eigenvalue weighted by atomic mass is 32.2. The molecule has 140 valence electrons. The average molecular weight is 375 g/mol. The lowest BCUT2D eigenvalue weighted by atomic mass is 10.1. The zero-order chi connectivity index (χ0) is 19.3. The highest BCUT2D eigenvalue weighted by molar-refractivity contribution is 7.89. The van der Waals surface area contributed by atoms with E-state index in [-0.39, 0.29) is 10.8 Å². The van der Waals surface area contributed by atoms with E-state index in [1.807, 2.05) is 37.3 Å². The van der Waals surface area contributed by atoms with Crippen molar-refractivity contribution in [2.45, 2.75) is 32.2 Å². The summed E-state index contributed by atoms with van der Waals surface area (Å²) >= 11 is 0. The third kappa shape index (κ3) is 4.31. The molecule has 5 nitrogen and oxygen atoms in total. The summed E-state index contributed by atoms with van der Waals surface area (Å²) in [6, 6.07) is 14.4. The number of aryl methyl sites for hydroxylation is 1. The minimum atomic E-state index is -3.60. The molecule has 0 aliphatic rings. The predicted molar refractivity (Wildman–Crippen MR) is 104 cm³/mol. The summed E-state index contributed by atoms with van der Waals surface area (Å²) in [6.07, 6.45) is 0. The summed E-state index contributed by atoms with van der Waals surface area (Å²) < 4.78 is 26.9. The molecular weight excluding hydrogens is 348 g/mol. The van der Waals surface area contributed by atoms with Crippen molar-refractivity contribution < 1.29 is 13.2 Å². The van der Waals surface area contributed by atoms with Crippen LogP contribution in [0.25, 0.3) is 0 Å². The molecule has 0 saturated heterocycles. The molecule has 0 N–H and O–H groups in total. The van der Waals surface area contributed by atoms with Gasteiger partial charge in [-0.1, -0.05) is 50.2 Å². The van der Waals surface area contributed by atoms with Gasteiger partial charge in [0.2, 0.25) is 10.0 Å². The van der Waals surface area contributed by atoms with E-state index in [1.165, 1.54) is 10.4 Å². The van der Waals surface area contributed by atoms with Gasteiger partial charge in [0.25, 0.3) is 5.91 Å². The maximum absolute atomic E-state index is 12.9. The first-order valence-electron chi connectivity index (χ1n) is 8.71. The molecule has 0 fully saturated rings. The van der Waals surface area contributed by atoms with Crippen LogP contribution in [0.15, 0.2) is 53.4 Å². The summed E-state index contributed by atoms with van der Waals surface area (Å²) in [5, 5.41) is 0.